The van der Waals surface area contributed by atoms with Crippen molar-refractivity contribution in [2.45, 2.75) is 57.0 Å². The largest absolute Gasteiger partial charge is 0.339 e. The maximum absolute atomic E-state index is 12.6. The highest BCUT2D eigenvalue weighted by molar-refractivity contribution is 5.97. The van der Waals surface area contributed by atoms with Gasteiger partial charge in [-0.15, -0.1) is 12.4 Å². The molecule has 1 aromatic carbocycles. The van der Waals surface area contributed by atoms with Crippen molar-refractivity contribution in [3.8, 4) is 0 Å². The second kappa shape index (κ2) is 9.20. The van der Waals surface area contributed by atoms with Crippen molar-refractivity contribution < 1.29 is 9.59 Å². The summed E-state index contributed by atoms with van der Waals surface area (Å²) in [4.78, 5) is 26.6. The quantitative estimate of drug-likeness (QED) is 0.861. The van der Waals surface area contributed by atoms with E-state index in [0.717, 1.165) is 37.9 Å². The molecule has 2 aliphatic rings. The summed E-state index contributed by atoms with van der Waals surface area (Å²) < 4.78 is 0. The van der Waals surface area contributed by atoms with Crippen LogP contribution in [-0.2, 0) is 4.79 Å². The van der Waals surface area contributed by atoms with Gasteiger partial charge in [-0.1, -0.05) is 19.3 Å². The molecule has 2 fully saturated rings. The van der Waals surface area contributed by atoms with Gasteiger partial charge in [0, 0.05) is 24.3 Å². The summed E-state index contributed by atoms with van der Waals surface area (Å²) in [6, 6.07) is 7.50. The lowest BCUT2D eigenvalue weighted by atomic mass is 9.94. The molecule has 1 aliphatic carbocycles. The third-order valence-corrected chi connectivity index (χ3v) is 5.22. The molecular weight excluding hydrogens is 338 g/mol. The summed E-state index contributed by atoms with van der Waals surface area (Å²) in [5.74, 6) is 0.0723. The van der Waals surface area contributed by atoms with E-state index in [-0.39, 0.29) is 30.3 Å². The lowest BCUT2D eigenvalue weighted by Gasteiger charge is -2.31. The number of hydrogen-bond donors (Lipinski definition) is 2. The molecule has 0 radical (unpaired) electrons. The Hall–Kier alpha value is -1.59. The van der Waals surface area contributed by atoms with Crippen LogP contribution in [0.2, 0.25) is 0 Å². The molecule has 138 valence electrons. The third-order valence-electron chi connectivity index (χ3n) is 5.22. The molecule has 1 atom stereocenters. The topological polar surface area (TPSA) is 61.4 Å². The number of amides is 2. The lowest BCUT2D eigenvalue weighted by molar-refractivity contribution is -0.117. The zero-order chi connectivity index (χ0) is 16.9. The highest BCUT2D eigenvalue weighted by Gasteiger charge is 2.24. The van der Waals surface area contributed by atoms with Gasteiger partial charge in [-0.3, -0.25) is 9.59 Å². The summed E-state index contributed by atoms with van der Waals surface area (Å²) in [5, 5.41) is 6.10. The molecule has 1 heterocycles. The lowest BCUT2D eigenvalue weighted by Crippen LogP contribution is -2.38. The second-order valence-electron chi connectivity index (χ2n) is 6.92. The van der Waals surface area contributed by atoms with E-state index in [2.05, 4.69) is 10.6 Å². The maximum atomic E-state index is 12.6. The van der Waals surface area contributed by atoms with Crippen molar-refractivity contribution in [2.24, 2.45) is 0 Å². The first-order valence-electron chi connectivity index (χ1n) is 9.06. The van der Waals surface area contributed by atoms with Gasteiger partial charge in [-0.25, -0.2) is 0 Å². The number of hydrogen-bond acceptors (Lipinski definition) is 3. The van der Waals surface area contributed by atoms with Crippen LogP contribution in [0.3, 0.4) is 0 Å². The highest BCUT2D eigenvalue weighted by atomic mass is 35.5. The van der Waals surface area contributed by atoms with Gasteiger partial charge in [0.2, 0.25) is 5.91 Å². The van der Waals surface area contributed by atoms with Crippen LogP contribution in [0.5, 0.6) is 0 Å². The fraction of sp³-hybridized carbons (Fsp3) is 0.579. The van der Waals surface area contributed by atoms with E-state index in [1.807, 2.05) is 24.1 Å². The van der Waals surface area contributed by atoms with Crippen LogP contribution in [0, 0.1) is 0 Å². The number of benzene rings is 1. The van der Waals surface area contributed by atoms with Gasteiger partial charge in [-0.05, 0) is 56.5 Å². The van der Waals surface area contributed by atoms with Crippen molar-refractivity contribution in [1.29, 1.82) is 0 Å². The zero-order valence-electron chi connectivity index (χ0n) is 14.8. The Morgan fingerprint density at radius 1 is 1.04 bits per heavy atom. The van der Waals surface area contributed by atoms with Crippen LogP contribution in [0.25, 0.3) is 0 Å². The molecular formula is C19H28ClN3O2. The number of carbonyl (C=O) groups is 2. The average molecular weight is 366 g/mol. The van der Waals surface area contributed by atoms with Crippen molar-refractivity contribution >= 4 is 29.9 Å². The van der Waals surface area contributed by atoms with Crippen LogP contribution in [0.1, 0.15) is 55.3 Å². The van der Waals surface area contributed by atoms with Gasteiger partial charge in [0.1, 0.15) is 0 Å². The number of carbonyl (C=O) groups excluding carboxylic acids is 2. The Balaban J connectivity index is 0.00000225. The molecule has 6 heteroatoms. The van der Waals surface area contributed by atoms with Gasteiger partial charge < -0.3 is 15.5 Å². The van der Waals surface area contributed by atoms with E-state index in [1.54, 1.807) is 12.1 Å². The molecule has 1 saturated heterocycles. The van der Waals surface area contributed by atoms with Gasteiger partial charge in [0.15, 0.2) is 0 Å². The maximum Gasteiger partial charge on any atom is 0.253 e. The molecule has 1 aliphatic heterocycles. The number of halogens is 1. The third kappa shape index (κ3) is 4.95. The Kier molecular flexibility index (Phi) is 7.26. The van der Waals surface area contributed by atoms with Crippen molar-refractivity contribution in [3.05, 3.63) is 29.8 Å². The van der Waals surface area contributed by atoms with Crippen molar-refractivity contribution in [2.75, 3.05) is 18.9 Å². The first kappa shape index (κ1) is 19.7. The van der Waals surface area contributed by atoms with Crippen molar-refractivity contribution in [1.82, 2.24) is 10.2 Å². The summed E-state index contributed by atoms with van der Waals surface area (Å²) in [7, 11) is 1.90. The van der Waals surface area contributed by atoms with Crippen LogP contribution in [0.4, 0.5) is 5.69 Å². The molecule has 3 rings (SSSR count). The monoisotopic (exact) mass is 365 g/mol. The normalized spacial score (nSPS) is 20.6. The summed E-state index contributed by atoms with van der Waals surface area (Å²) in [6.45, 7) is 0.902. The van der Waals surface area contributed by atoms with Crippen LogP contribution in [-0.4, -0.2) is 42.4 Å². The summed E-state index contributed by atoms with van der Waals surface area (Å²) >= 11 is 0. The highest BCUT2D eigenvalue weighted by Crippen LogP contribution is 2.23. The average Bonchev–Trinajstić information content (AvgIpc) is 3.17. The summed E-state index contributed by atoms with van der Waals surface area (Å²) in [5.41, 5.74) is 1.42. The van der Waals surface area contributed by atoms with Crippen molar-refractivity contribution in [3.63, 3.8) is 0 Å². The van der Waals surface area contributed by atoms with E-state index >= 15 is 0 Å². The van der Waals surface area contributed by atoms with Gasteiger partial charge in [0.05, 0.1) is 6.04 Å². The fourth-order valence-corrected chi connectivity index (χ4v) is 3.67. The zero-order valence-corrected chi connectivity index (χ0v) is 15.6. The molecule has 1 saturated carbocycles. The van der Waals surface area contributed by atoms with Gasteiger partial charge in [-0.2, -0.15) is 0 Å². The Labute approximate surface area is 155 Å². The predicted octanol–water partition coefficient (Wildman–Crippen LogP) is 3.20. The number of nitrogens with one attached hydrogen (secondary N) is 2. The van der Waals surface area contributed by atoms with E-state index in [1.165, 1.54) is 19.3 Å². The molecule has 0 spiro atoms. The van der Waals surface area contributed by atoms with E-state index < -0.39 is 0 Å². The smallest absolute Gasteiger partial charge is 0.253 e. The first-order valence-corrected chi connectivity index (χ1v) is 9.06. The standard InChI is InChI=1S/C19H27N3O2.ClH/c1-22(16-6-3-2-4-7-16)19(24)14-9-11-15(12-10-14)21-18(23)17-8-5-13-20-17;/h9-12,16-17,20H,2-8,13H2,1H3,(H,21,23);1H. The minimum Gasteiger partial charge on any atom is -0.339 e. The number of anilines is 1. The number of nitrogens with zero attached hydrogens (tertiary/aromatic N) is 1. The molecule has 2 amide bonds. The van der Waals surface area contributed by atoms with Gasteiger partial charge in [0.25, 0.3) is 5.91 Å². The first-order chi connectivity index (χ1) is 11.6. The molecule has 1 aromatic rings. The molecule has 0 bridgehead atoms. The minimum absolute atomic E-state index is 0. The van der Waals surface area contributed by atoms with E-state index in [9.17, 15) is 9.59 Å². The second-order valence-corrected chi connectivity index (χ2v) is 6.92. The molecule has 5 nitrogen and oxygen atoms in total. The molecule has 25 heavy (non-hydrogen) atoms. The minimum atomic E-state index is -0.0938. The Morgan fingerprint density at radius 3 is 2.32 bits per heavy atom. The number of rotatable bonds is 4. The van der Waals surface area contributed by atoms with E-state index in [4.69, 9.17) is 0 Å². The Bertz CT molecular complexity index is 579. The van der Waals surface area contributed by atoms with Crippen LogP contribution < -0.4 is 10.6 Å². The van der Waals surface area contributed by atoms with Crippen LogP contribution in [0.15, 0.2) is 24.3 Å². The van der Waals surface area contributed by atoms with E-state index in [0.29, 0.717) is 11.6 Å². The molecule has 1 unspecified atom stereocenters. The molecule has 0 aromatic heterocycles. The predicted molar refractivity (Wildman–Crippen MR) is 102 cm³/mol. The SMILES string of the molecule is CN(C(=O)c1ccc(NC(=O)C2CCCN2)cc1)C1CCCCC1.Cl. The Morgan fingerprint density at radius 2 is 1.72 bits per heavy atom. The van der Waals surface area contributed by atoms with Gasteiger partial charge >= 0.3 is 0 Å². The molecule has 2 N–H and O–H groups in total. The fourth-order valence-electron chi connectivity index (χ4n) is 3.67. The van der Waals surface area contributed by atoms with Crippen LogP contribution >= 0.6 is 12.4 Å². The summed E-state index contributed by atoms with van der Waals surface area (Å²) in [6.07, 6.45) is 7.83.